The molecule has 4 heterocycles. The van der Waals surface area contributed by atoms with Crippen LogP contribution in [0.15, 0.2) is 23.2 Å². The maximum atomic E-state index is 13.2. The molecule has 2 aliphatic carbocycles. The zero-order valence-electron chi connectivity index (χ0n) is 18.0. The topological polar surface area (TPSA) is 125 Å². The van der Waals surface area contributed by atoms with E-state index in [9.17, 15) is 22.5 Å². The lowest BCUT2D eigenvalue weighted by molar-refractivity contribution is 0.150. The number of alkyl halides is 2. The maximum absolute atomic E-state index is 13.2. The van der Waals surface area contributed by atoms with Gasteiger partial charge in [-0.1, -0.05) is 11.3 Å². The van der Waals surface area contributed by atoms with E-state index in [0.29, 0.717) is 18.7 Å². The van der Waals surface area contributed by atoms with Crippen LogP contribution in [-0.4, -0.2) is 46.6 Å². The number of fused-ring (bicyclic) bond motifs is 1. The number of imidazole rings is 1. The third-order valence-electron chi connectivity index (χ3n) is 7.15. The van der Waals surface area contributed by atoms with Crippen LogP contribution in [0.1, 0.15) is 55.1 Å². The average Bonchev–Trinajstić information content (AvgIpc) is 3.18. The lowest BCUT2D eigenvalue weighted by atomic mass is 9.79. The van der Waals surface area contributed by atoms with Gasteiger partial charge in [0.15, 0.2) is 15.8 Å². The molecule has 3 aliphatic rings. The Labute approximate surface area is 198 Å². The van der Waals surface area contributed by atoms with Crippen LogP contribution in [-0.2, 0) is 10.0 Å². The summed E-state index contributed by atoms with van der Waals surface area (Å²) in [5, 5.41) is 19.9. The largest absolute Gasteiger partial charge is 0.316 e. The van der Waals surface area contributed by atoms with Gasteiger partial charge in [0.05, 0.1) is 22.2 Å². The smallest absolute Gasteiger partial charge is 0.291 e. The van der Waals surface area contributed by atoms with E-state index in [0.717, 1.165) is 54.9 Å². The number of sulfonamides is 1. The van der Waals surface area contributed by atoms with Crippen molar-refractivity contribution in [2.45, 2.75) is 54.9 Å². The number of aromatic nitrogens is 4. The Morgan fingerprint density at radius 3 is 2.65 bits per heavy atom. The maximum Gasteiger partial charge on any atom is 0.291 e. The minimum absolute atomic E-state index is 0.0311. The van der Waals surface area contributed by atoms with Gasteiger partial charge in [0, 0.05) is 25.2 Å². The zero-order valence-corrected chi connectivity index (χ0v) is 19.6. The molecule has 0 aromatic carbocycles. The molecule has 3 fully saturated rings. The SMILES string of the molecule is N#CC1(NS(=O)(=O)c2ccc3c(C4CCC5(CNC5)C4)nc(-c4nnc(C(F)F)s4)n3c2)CC1. The molecule has 3 aromatic heterocycles. The Hall–Kier alpha value is -2.53. The van der Waals surface area contributed by atoms with Crippen molar-refractivity contribution in [2.75, 3.05) is 13.1 Å². The molecule has 6 rings (SSSR count). The fraction of sp³-hybridized carbons (Fsp3) is 0.524. The summed E-state index contributed by atoms with van der Waals surface area (Å²) < 4.78 is 56.4. The first kappa shape index (κ1) is 22.0. The van der Waals surface area contributed by atoms with E-state index >= 15 is 0 Å². The van der Waals surface area contributed by atoms with Crippen LogP contribution in [0, 0.1) is 16.7 Å². The highest BCUT2D eigenvalue weighted by atomic mass is 32.2. The molecule has 1 atom stereocenters. The lowest BCUT2D eigenvalue weighted by Crippen LogP contribution is -2.51. The van der Waals surface area contributed by atoms with Gasteiger partial charge in [0.25, 0.3) is 6.43 Å². The summed E-state index contributed by atoms with van der Waals surface area (Å²) in [6.07, 6.45) is 2.61. The van der Waals surface area contributed by atoms with Crippen LogP contribution in [0.25, 0.3) is 16.3 Å². The molecule has 178 valence electrons. The van der Waals surface area contributed by atoms with Crippen LogP contribution in [0.4, 0.5) is 8.78 Å². The standard InChI is InChI=1S/C21H21F2N7O2S2/c22-16(23)18-27-28-19(33-18)17-26-15(12-3-4-20(7-12)10-25-11-20)14-2-1-13(8-30(14)17)34(31,32)29-21(9-24)5-6-21/h1-2,8,12,16,25,29H,3-7,10-11H2. The van der Waals surface area contributed by atoms with Crippen molar-refractivity contribution >= 4 is 26.9 Å². The molecule has 13 heteroatoms. The van der Waals surface area contributed by atoms with Crippen molar-refractivity contribution in [3.05, 3.63) is 29.0 Å². The van der Waals surface area contributed by atoms with Crippen molar-refractivity contribution < 1.29 is 17.2 Å². The second kappa shape index (κ2) is 7.48. The van der Waals surface area contributed by atoms with Gasteiger partial charge >= 0.3 is 0 Å². The summed E-state index contributed by atoms with van der Waals surface area (Å²) in [4.78, 5) is 4.77. The van der Waals surface area contributed by atoms with Gasteiger partial charge in [-0.25, -0.2) is 22.2 Å². The number of nitriles is 1. The molecule has 0 bridgehead atoms. The van der Waals surface area contributed by atoms with Crippen molar-refractivity contribution in [3.8, 4) is 16.9 Å². The average molecular weight is 506 g/mol. The molecule has 1 unspecified atom stereocenters. The molecule has 3 aromatic rings. The van der Waals surface area contributed by atoms with Crippen LogP contribution < -0.4 is 10.0 Å². The zero-order chi connectivity index (χ0) is 23.7. The van der Waals surface area contributed by atoms with Gasteiger partial charge in [0.2, 0.25) is 10.0 Å². The predicted molar refractivity (Wildman–Crippen MR) is 119 cm³/mol. The Balaban J connectivity index is 1.45. The van der Waals surface area contributed by atoms with Gasteiger partial charge in [-0.05, 0) is 49.7 Å². The number of nitrogens with one attached hydrogen (secondary N) is 2. The summed E-state index contributed by atoms with van der Waals surface area (Å²) in [6.45, 7) is 1.95. The van der Waals surface area contributed by atoms with Crippen LogP contribution in [0.3, 0.4) is 0 Å². The number of halogens is 2. The molecule has 2 saturated carbocycles. The highest BCUT2D eigenvalue weighted by Crippen LogP contribution is 2.50. The molecule has 1 spiro atoms. The Morgan fingerprint density at radius 2 is 2.06 bits per heavy atom. The molecular formula is C21H21F2N7O2S2. The van der Waals surface area contributed by atoms with E-state index in [-0.39, 0.29) is 21.2 Å². The third kappa shape index (κ3) is 3.51. The summed E-state index contributed by atoms with van der Waals surface area (Å²) in [5.74, 6) is 0.475. The molecule has 9 nitrogen and oxygen atoms in total. The highest BCUT2D eigenvalue weighted by molar-refractivity contribution is 7.89. The first-order chi connectivity index (χ1) is 16.2. The van der Waals surface area contributed by atoms with Crippen molar-refractivity contribution in [1.29, 1.82) is 5.26 Å². The first-order valence-electron chi connectivity index (χ1n) is 11.0. The van der Waals surface area contributed by atoms with Crippen LogP contribution >= 0.6 is 11.3 Å². The van der Waals surface area contributed by atoms with E-state index in [2.05, 4.69) is 20.2 Å². The Bertz CT molecular complexity index is 1430. The van der Waals surface area contributed by atoms with Gasteiger partial charge in [0.1, 0.15) is 5.54 Å². The van der Waals surface area contributed by atoms with Gasteiger partial charge < -0.3 is 5.32 Å². The lowest BCUT2D eigenvalue weighted by Gasteiger charge is -2.39. The van der Waals surface area contributed by atoms with E-state index in [1.165, 1.54) is 12.3 Å². The monoisotopic (exact) mass is 505 g/mol. The van der Waals surface area contributed by atoms with Gasteiger partial charge in [-0.15, -0.1) is 10.2 Å². The highest BCUT2D eigenvalue weighted by Gasteiger charge is 2.47. The van der Waals surface area contributed by atoms with E-state index in [1.54, 1.807) is 10.5 Å². The third-order valence-corrected chi connectivity index (χ3v) is 9.60. The van der Waals surface area contributed by atoms with Crippen LogP contribution in [0.5, 0.6) is 0 Å². The van der Waals surface area contributed by atoms with Crippen molar-refractivity contribution in [1.82, 2.24) is 29.6 Å². The number of nitrogens with zero attached hydrogens (tertiary/aromatic N) is 5. The number of hydrogen-bond acceptors (Lipinski definition) is 8. The van der Waals surface area contributed by atoms with Crippen LogP contribution in [0.2, 0.25) is 0 Å². The van der Waals surface area contributed by atoms with Crippen molar-refractivity contribution in [3.63, 3.8) is 0 Å². The van der Waals surface area contributed by atoms with Crippen molar-refractivity contribution in [2.24, 2.45) is 5.41 Å². The molecular weight excluding hydrogens is 484 g/mol. The number of hydrogen-bond donors (Lipinski definition) is 2. The predicted octanol–water partition coefficient (Wildman–Crippen LogP) is 2.98. The minimum atomic E-state index is -3.97. The van der Waals surface area contributed by atoms with E-state index < -0.39 is 27.0 Å². The minimum Gasteiger partial charge on any atom is -0.316 e. The quantitative estimate of drug-likeness (QED) is 0.528. The second-order valence-corrected chi connectivity index (χ2v) is 12.2. The molecule has 0 radical (unpaired) electrons. The second-order valence-electron chi connectivity index (χ2n) is 9.53. The summed E-state index contributed by atoms with van der Waals surface area (Å²) in [5.41, 5.74) is 0.755. The normalized spacial score (nSPS) is 22.8. The first-order valence-corrected chi connectivity index (χ1v) is 13.3. The summed E-state index contributed by atoms with van der Waals surface area (Å²) >= 11 is 0.744. The van der Waals surface area contributed by atoms with E-state index in [1.807, 2.05) is 6.07 Å². The van der Waals surface area contributed by atoms with Gasteiger partial charge in [-0.3, -0.25) is 4.40 Å². The fourth-order valence-corrected chi connectivity index (χ4v) is 7.09. The molecule has 2 N–H and O–H groups in total. The molecule has 0 amide bonds. The van der Waals surface area contributed by atoms with Gasteiger partial charge in [-0.2, -0.15) is 9.98 Å². The van der Waals surface area contributed by atoms with E-state index in [4.69, 9.17) is 4.98 Å². The molecule has 1 saturated heterocycles. The Kier molecular flexibility index (Phi) is 4.83. The molecule has 1 aliphatic heterocycles. The Morgan fingerprint density at radius 1 is 1.26 bits per heavy atom. The fourth-order valence-electron chi connectivity index (χ4n) is 5.03. The summed E-state index contributed by atoms with van der Waals surface area (Å²) in [7, 11) is -3.97. The number of rotatable bonds is 6. The summed E-state index contributed by atoms with van der Waals surface area (Å²) in [6, 6.07) is 5.22. The molecule has 34 heavy (non-hydrogen) atoms. The number of pyridine rings is 1.